The van der Waals surface area contributed by atoms with Crippen LogP contribution in [0.1, 0.15) is 24.7 Å². The van der Waals surface area contributed by atoms with Gasteiger partial charge in [-0.3, -0.25) is 0 Å². The highest BCUT2D eigenvalue weighted by atomic mass is 32.2. The van der Waals surface area contributed by atoms with Gasteiger partial charge >= 0.3 is 0 Å². The average Bonchev–Trinajstić information content (AvgIpc) is 3.12. The maximum absolute atomic E-state index is 11.8. The van der Waals surface area contributed by atoms with Crippen LogP contribution in [0.5, 0.6) is 0 Å². The van der Waals surface area contributed by atoms with Crippen molar-refractivity contribution in [2.75, 3.05) is 6.26 Å². The number of sulfone groups is 1. The van der Waals surface area contributed by atoms with E-state index in [1.807, 2.05) is 17.7 Å². The molecule has 1 aromatic heterocycles. The van der Waals surface area contributed by atoms with Gasteiger partial charge in [0.25, 0.3) is 0 Å². The van der Waals surface area contributed by atoms with Crippen molar-refractivity contribution in [3.05, 3.63) is 24.0 Å². The van der Waals surface area contributed by atoms with Gasteiger partial charge in [0.15, 0.2) is 9.84 Å². The lowest BCUT2D eigenvalue weighted by Gasteiger charge is -2.09. The highest BCUT2D eigenvalue weighted by Gasteiger charge is 2.33. The van der Waals surface area contributed by atoms with Crippen molar-refractivity contribution in [2.24, 2.45) is 18.7 Å². The van der Waals surface area contributed by atoms with Gasteiger partial charge in [0.05, 0.1) is 16.5 Å². The zero-order chi connectivity index (χ0) is 13.8. The molecule has 1 aromatic carbocycles. The molecule has 0 aliphatic heterocycles. The number of rotatable bonds is 3. The summed E-state index contributed by atoms with van der Waals surface area (Å²) >= 11 is 0. The first-order chi connectivity index (χ1) is 8.89. The van der Waals surface area contributed by atoms with Crippen LogP contribution in [0.3, 0.4) is 0 Å². The summed E-state index contributed by atoms with van der Waals surface area (Å²) in [5, 5.41) is 0. The van der Waals surface area contributed by atoms with E-state index in [-0.39, 0.29) is 10.9 Å². The Kier molecular flexibility index (Phi) is 2.69. The molecule has 2 N–H and O–H groups in total. The van der Waals surface area contributed by atoms with Crippen molar-refractivity contribution in [3.63, 3.8) is 0 Å². The lowest BCUT2D eigenvalue weighted by Crippen LogP contribution is -2.17. The minimum Gasteiger partial charge on any atom is -0.330 e. The molecule has 0 spiro atoms. The minimum atomic E-state index is -3.28. The zero-order valence-electron chi connectivity index (χ0n) is 11.0. The molecule has 102 valence electrons. The van der Waals surface area contributed by atoms with E-state index in [0.717, 1.165) is 24.2 Å². The number of hydrogen-bond acceptors (Lipinski definition) is 4. The molecule has 2 aromatic rings. The van der Waals surface area contributed by atoms with E-state index in [4.69, 9.17) is 5.73 Å². The van der Waals surface area contributed by atoms with Gasteiger partial charge in [-0.2, -0.15) is 0 Å². The van der Waals surface area contributed by atoms with E-state index in [9.17, 15) is 8.42 Å². The quantitative estimate of drug-likeness (QED) is 0.921. The molecule has 5 nitrogen and oxygen atoms in total. The van der Waals surface area contributed by atoms with Gasteiger partial charge in [0, 0.05) is 13.3 Å². The number of fused-ring (bicyclic) bond motifs is 1. The van der Waals surface area contributed by atoms with Gasteiger partial charge < -0.3 is 10.3 Å². The Balaban J connectivity index is 2.25. The summed E-state index contributed by atoms with van der Waals surface area (Å²) in [6, 6.07) is 5.11. The van der Waals surface area contributed by atoms with Gasteiger partial charge in [-0.25, -0.2) is 13.4 Å². The fraction of sp³-hybridized carbons (Fsp3) is 0.462. The average molecular weight is 279 g/mol. The van der Waals surface area contributed by atoms with Crippen molar-refractivity contribution >= 4 is 20.9 Å². The third-order valence-corrected chi connectivity index (χ3v) is 4.86. The maximum Gasteiger partial charge on any atom is 0.177 e. The van der Waals surface area contributed by atoms with Crippen LogP contribution in [0.2, 0.25) is 0 Å². The fourth-order valence-corrected chi connectivity index (χ4v) is 3.30. The molecule has 3 rings (SSSR count). The molecule has 1 aliphatic carbocycles. The molecule has 6 heteroatoms. The van der Waals surface area contributed by atoms with Crippen LogP contribution in [-0.4, -0.2) is 24.2 Å². The third kappa shape index (κ3) is 2.04. The summed E-state index contributed by atoms with van der Waals surface area (Å²) < 4.78 is 25.5. The second kappa shape index (κ2) is 4.05. The molecule has 1 heterocycles. The topological polar surface area (TPSA) is 78.0 Å². The third-order valence-electron chi connectivity index (χ3n) is 3.74. The smallest absolute Gasteiger partial charge is 0.177 e. The number of para-hydroxylation sites is 1. The Labute approximate surface area is 112 Å². The largest absolute Gasteiger partial charge is 0.330 e. The molecule has 0 amide bonds. The van der Waals surface area contributed by atoms with E-state index in [1.165, 1.54) is 6.26 Å². The Morgan fingerprint density at radius 1 is 1.42 bits per heavy atom. The van der Waals surface area contributed by atoms with Crippen LogP contribution in [0.15, 0.2) is 23.1 Å². The van der Waals surface area contributed by atoms with Crippen molar-refractivity contribution in [2.45, 2.75) is 23.8 Å². The van der Waals surface area contributed by atoms with Crippen molar-refractivity contribution in [1.29, 1.82) is 0 Å². The summed E-state index contributed by atoms with van der Waals surface area (Å²) in [7, 11) is -1.39. The molecule has 19 heavy (non-hydrogen) atoms. The maximum atomic E-state index is 11.8. The minimum absolute atomic E-state index is 0.107. The van der Waals surface area contributed by atoms with Crippen molar-refractivity contribution in [1.82, 2.24) is 9.55 Å². The zero-order valence-corrected chi connectivity index (χ0v) is 11.8. The second-order valence-electron chi connectivity index (χ2n) is 5.29. The van der Waals surface area contributed by atoms with Gasteiger partial charge in [-0.05, 0) is 30.9 Å². The predicted molar refractivity (Wildman–Crippen MR) is 73.5 cm³/mol. The monoisotopic (exact) mass is 279 g/mol. The van der Waals surface area contributed by atoms with Crippen LogP contribution < -0.4 is 5.73 Å². The van der Waals surface area contributed by atoms with E-state index in [0.29, 0.717) is 11.4 Å². The summed E-state index contributed by atoms with van der Waals surface area (Å²) in [4.78, 5) is 4.77. The van der Waals surface area contributed by atoms with E-state index < -0.39 is 9.84 Å². The van der Waals surface area contributed by atoms with Crippen molar-refractivity contribution in [3.8, 4) is 0 Å². The van der Waals surface area contributed by atoms with Crippen LogP contribution in [0.25, 0.3) is 11.0 Å². The van der Waals surface area contributed by atoms with Gasteiger partial charge in [-0.15, -0.1) is 0 Å². The molecular weight excluding hydrogens is 262 g/mol. The lowest BCUT2D eigenvalue weighted by molar-refractivity contribution is 0.574. The van der Waals surface area contributed by atoms with E-state index >= 15 is 0 Å². The predicted octanol–water partition coefficient (Wildman–Crippen LogP) is 1.39. The molecule has 1 saturated carbocycles. The van der Waals surface area contributed by atoms with E-state index in [1.54, 1.807) is 12.1 Å². The van der Waals surface area contributed by atoms with Gasteiger partial charge in [0.1, 0.15) is 11.3 Å². The number of nitrogens with zero attached hydrogens (tertiary/aromatic N) is 2. The number of benzene rings is 1. The molecule has 0 radical (unpaired) electrons. The van der Waals surface area contributed by atoms with Crippen LogP contribution in [0, 0.1) is 5.92 Å². The standard InChI is InChI=1S/C13H17N3O2S/c1-16-9-4-3-5-10(19(2,17)18)12(9)15-13(16)11(14)8-6-7-8/h3-5,8,11H,6-7,14H2,1-2H3. The highest BCUT2D eigenvalue weighted by molar-refractivity contribution is 7.91. The number of imidazole rings is 1. The summed E-state index contributed by atoms with van der Waals surface area (Å²) in [6.45, 7) is 0. The van der Waals surface area contributed by atoms with Crippen LogP contribution in [-0.2, 0) is 16.9 Å². The molecule has 0 saturated heterocycles. The summed E-state index contributed by atoms with van der Waals surface area (Å²) in [6.07, 6.45) is 3.46. The lowest BCUT2D eigenvalue weighted by atomic mass is 10.2. The molecule has 1 unspecified atom stereocenters. The molecule has 1 aliphatic rings. The Bertz CT molecular complexity index is 745. The van der Waals surface area contributed by atoms with Crippen LogP contribution in [0.4, 0.5) is 0 Å². The van der Waals surface area contributed by atoms with Gasteiger partial charge in [0.2, 0.25) is 0 Å². The molecule has 0 bridgehead atoms. The Morgan fingerprint density at radius 3 is 2.68 bits per heavy atom. The number of aryl methyl sites for hydroxylation is 1. The molecule has 1 fully saturated rings. The second-order valence-corrected chi connectivity index (χ2v) is 7.27. The SMILES string of the molecule is Cn1c(C(N)C2CC2)nc2c(S(C)(=O)=O)cccc21. The number of nitrogens with two attached hydrogens (primary N) is 1. The first kappa shape index (κ1) is 12.6. The highest BCUT2D eigenvalue weighted by Crippen LogP contribution is 2.39. The Hall–Kier alpha value is -1.40. The summed E-state index contributed by atoms with van der Waals surface area (Å²) in [5.74, 6) is 1.26. The van der Waals surface area contributed by atoms with Gasteiger partial charge in [-0.1, -0.05) is 6.07 Å². The molecular formula is C13H17N3O2S. The number of aromatic nitrogens is 2. The first-order valence-electron chi connectivity index (χ1n) is 6.30. The normalized spacial score (nSPS) is 17.8. The fourth-order valence-electron chi connectivity index (χ4n) is 2.47. The summed E-state index contributed by atoms with van der Waals surface area (Å²) in [5.41, 5.74) is 7.53. The first-order valence-corrected chi connectivity index (χ1v) is 8.19. The van der Waals surface area contributed by atoms with Crippen molar-refractivity contribution < 1.29 is 8.42 Å². The van der Waals surface area contributed by atoms with Crippen LogP contribution >= 0.6 is 0 Å². The molecule has 1 atom stereocenters. The number of hydrogen-bond donors (Lipinski definition) is 1. The van der Waals surface area contributed by atoms with E-state index in [2.05, 4.69) is 4.98 Å². The Morgan fingerprint density at radius 2 is 2.11 bits per heavy atom.